The van der Waals surface area contributed by atoms with E-state index in [4.69, 9.17) is 14.9 Å². The molecule has 0 aromatic heterocycles. The zero-order valence-corrected chi connectivity index (χ0v) is 10.0. The number of ether oxygens (including phenoxy) is 1. The van der Waals surface area contributed by atoms with Gasteiger partial charge in [0.25, 0.3) is 0 Å². The van der Waals surface area contributed by atoms with E-state index in [9.17, 15) is 10.2 Å². The number of rotatable bonds is 8. The number of hydrogen-bond donors (Lipinski definition) is 4. The molecular formula is C11H23NO5. The van der Waals surface area contributed by atoms with Crippen molar-refractivity contribution in [3.05, 3.63) is 0 Å². The lowest BCUT2D eigenvalue weighted by atomic mass is 10.1. The molecule has 1 heterocycles. The fraction of sp³-hybridized carbons (Fsp3) is 1.00. The molecule has 0 aliphatic carbocycles. The minimum Gasteiger partial charge on any atom is -0.395 e. The molecule has 1 aliphatic heterocycles. The third kappa shape index (κ3) is 5.29. The Bertz CT molecular complexity index is 198. The monoisotopic (exact) mass is 249 g/mol. The lowest BCUT2D eigenvalue weighted by Crippen LogP contribution is -2.44. The first kappa shape index (κ1) is 14.8. The highest BCUT2D eigenvalue weighted by Crippen LogP contribution is 2.13. The van der Waals surface area contributed by atoms with E-state index in [2.05, 4.69) is 0 Å². The van der Waals surface area contributed by atoms with Crippen molar-refractivity contribution in [3.63, 3.8) is 0 Å². The first-order chi connectivity index (χ1) is 8.17. The number of aliphatic hydroxyl groups excluding tert-OH is 4. The van der Waals surface area contributed by atoms with Crippen molar-refractivity contribution in [2.45, 2.75) is 31.2 Å². The Hall–Kier alpha value is -0.240. The summed E-state index contributed by atoms with van der Waals surface area (Å²) in [6.45, 7) is 1.58. The van der Waals surface area contributed by atoms with Crippen LogP contribution in [0.5, 0.6) is 0 Å². The second-order valence-corrected chi connectivity index (χ2v) is 4.44. The molecule has 0 bridgehead atoms. The highest BCUT2D eigenvalue weighted by atomic mass is 16.5. The van der Waals surface area contributed by atoms with Gasteiger partial charge in [0.1, 0.15) is 6.10 Å². The lowest BCUT2D eigenvalue weighted by molar-refractivity contribution is -0.0373. The normalized spacial score (nSPS) is 24.2. The van der Waals surface area contributed by atoms with Crippen LogP contribution in [-0.4, -0.2) is 83.1 Å². The van der Waals surface area contributed by atoms with Gasteiger partial charge < -0.3 is 25.2 Å². The summed E-state index contributed by atoms with van der Waals surface area (Å²) in [4.78, 5) is 1.85. The van der Waals surface area contributed by atoms with E-state index in [0.717, 1.165) is 19.4 Å². The van der Waals surface area contributed by atoms with Crippen LogP contribution in [0.15, 0.2) is 0 Å². The zero-order valence-electron chi connectivity index (χ0n) is 10.0. The van der Waals surface area contributed by atoms with E-state index in [1.807, 2.05) is 4.90 Å². The van der Waals surface area contributed by atoms with Gasteiger partial charge in [0.05, 0.1) is 25.4 Å². The van der Waals surface area contributed by atoms with Gasteiger partial charge in [-0.3, -0.25) is 4.90 Å². The van der Waals surface area contributed by atoms with Crippen LogP contribution in [0.25, 0.3) is 0 Å². The van der Waals surface area contributed by atoms with Gasteiger partial charge in [-0.05, 0) is 12.8 Å². The van der Waals surface area contributed by atoms with Gasteiger partial charge in [0.15, 0.2) is 0 Å². The molecule has 0 aromatic carbocycles. The smallest absolute Gasteiger partial charge is 0.104 e. The van der Waals surface area contributed by atoms with Gasteiger partial charge in [-0.25, -0.2) is 0 Å². The molecule has 0 unspecified atom stereocenters. The fourth-order valence-corrected chi connectivity index (χ4v) is 1.98. The van der Waals surface area contributed by atoms with Gasteiger partial charge in [-0.2, -0.15) is 0 Å². The van der Waals surface area contributed by atoms with Crippen LogP contribution in [0.3, 0.4) is 0 Å². The maximum absolute atomic E-state index is 9.61. The predicted molar refractivity (Wildman–Crippen MR) is 61.6 cm³/mol. The van der Waals surface area contributed by atoms with Gasteiger partial charge in [0.2, 0.25) is 0 Å². The first-order valence-corrected chi connectivity index (χ1v) is 6.09. The lowest BCUT2D eigenvalue weighted by Gasteiger charge is -2.28. The van der Waals surface area contributed by atoms with Gasteiger partial charge in [-0.15, -0.1) is 0 Å². The Morgan fingerprint density at radius 1 is 1.24 bits per heavy atom. The van der Waals surface area contributed by atoms with Gasteiger partial charge >= 0.3 is 0 Å². The predicted octanol–water partition coefficient (Wildman–Crippen LogP) is -1.83. The summed E-state index contributed by atoms with van der Waals surface area (Å²) in [5.41, 5.74) is 0. The van der Waals surface area contributed by atoms with E-state index in [0.29, 0.717) is 13.1 Å². The minimum absolute atomic E-state index is 0.00530. The maximum Gasteiger partial charge on any atom is 0.104 e. The van der Waals surface area contributed by atoms with Crippen LogP contribution in [-0.2, 0) is 4.74 Å². The van der Waals surface area contributed by atoms with E-state index in [1.165, 1.54) is 0 Å². The Labute approximate surface area is 101 Å². The summed E-state index contributed by atoms with van der Waals surface area (Å²) >= 11 is 0. The van der Waals surface area contributed by atoms with Crippen molar-refractivity contribution in [1.82, 2.24) is 4.90 Å². The summed E-state index contributed by atoms with van der Waals surface area (Å²) in [7, 11) is 0. The SMILES string of the molecule is OCCN(C[C@H]1CCCO1)C[C@H](O)[C@@H](O)CO. The highest BCUT2D eigenvalue weighted by Gasteiger charge is 2.23. The molecule has 1 saturated heterocycles. The summed E-state index contributed by atoms with van der Waals surface area (Å²) in [6.07, 6.45) is 0.0219. The van der Waals surface area contributed by atoms with Crippen LogP contribution < -0.4 is 0 Å². The molecule has 0 aromatic rings. The number of nitrogens with zero attached hydrogens (tertiary/aromatic N) is 1. The summed E-state index contributed by atoms with van der Waals surface area (Å²) < 4.78 is 5.48. The average Bonchev–Trinajstić information content (AvgIpc) is 2.81. The summed E-state index contributed by atoms with van der Waals surface area (Å²) in [6, 6.07) is 0. The molecule has 17 heavy (non-hydrogen) atoms. The molecule has 1 aliphatic rings. The first-order valence-electron chi connectivity index (χ1n) is 6.09. The Balaban J connectivity index is 2.35. The molecule has 4 N–H and O–H groups in total. The Morgan fingerprint density at radius 3 is 2.53 bits per heavy atom. The van der Waals surface area contributed by atoms with Crippen LogP contribution in [0.1, 0.15) is 12.8 Å². The number of aliphatic hydroxyl groups is 4. The van der Waals surface area contributed by atoms with E-state index in [-0.39, 0.29) is 19.3 Å². The third-order valence-corrected chi connectivity index (χ3v) is 2.98. The molecule has 0 radical (unpaired) electrons. The van der Waals surface area contributed by atoms with E-state index < -0.39 is 18.8 Å². The molecule has 6 heteroatoms. The van der Waals surface area contributed by atoms with Crippen LogP contribution in [0.2, 0.25) is 0 Å². The summed E-state index contributed by atoms with van der Waals surface area (Å²) in [5, 5.41) is 36.6. The third-order valence-electron chi connectivity index (χ3n) is 2.98. The van der Waals surface area contributed by atoms with Crippen molar-refractivity contribution in [2.75, 3.05) is 39.5 Å². The van der Waals surface area contributed by atoms with Crippen LogP contribution >= 0.6 is 0 Å². The molecule has 0 spiro atoms. The van der Waals surface area contributed by atoms with Gasteiger partial charge in [0, 0.05) is 26.2 Å². The molecule has 6 nitrogen and oxygen atoms in total. The molecular weight excluding hydrogens is 226 g/mol. The van der Waals surface area contributed by atoms with Crippen molar-refractivity contribution in [3.8, 4) is 0 Å². The second kappa shape index (κ2) is 7.97. The largest absolute Gasteiger partial charge is 0.395 e. The average molecular weight is 249 g/mol. The van der Waals surface area contributed by atoms with Crippen LogP contribution in [0, 0.1) is 0 Å². The van der Waals surface area contributed by atoms with Crippen LogP contribution in [0.4, 0.5) is 0 Å². The molecule has 0 amide bonds. The maximum atomic E-state index is 9.61. The van der Waals surface area contributed by atoms with Crippen molar-refractivity contribution < 1.29 is 25.2 Å². The topological polar surface area (TPSA) is 93.4 Å². The number of hydrogen-bond acceptors (Lipinski definition) is 6. The molecule has 1 fully saturated rings. The zero-order chi connectivity index (χ0) is 12.7. The standard InChI is InChI=1S/C11H23NO5/c13-4-3-12(6-9-2-1-5-17-9)7-10(15)11(16)8-14/h9-11,13-16H,1-8H2/t9-,10+,11+/m1/s1. The Morgan fingerprint density at radius 2 is 2.00 bits per heavy atom. The van der Waals surface area contributed by atoms with Crippen molar-refractivity contribution in [2.24, 2.45) is 0 Å². The molecule has 1 rings (SSSR count). The van der Waals surface area contributed by atoms with Gasteiger partial charge in [-0.1, -0.05) is 0 Å². The molecule has 0 saturated carbocycles. The van der Waals surface area contributed by atoms with Crippen molar-refractivity contribution >= 4 is 0 Å². The second-order valence-electron chi connectivity index (χ2n) is 4.44. The summed E-state index contributed by atoms with van der Waals surface area (Å²) in [5.74, 6) is 0. The van der Waals surface area contributed by atoms with Crippen molar-refractivity contribution in [1.29, 1.82) is 0 Å². The van der Waals surface area contributed by atoms with E-state index >= 15 is 0 Å². The quantitative estimate of drug-likeness (QED) is 0.404. The molecule has 3 atom stereocenters. The highest BCUT2D eigenvalue weighted by molar-refractivity contribution is 4.75. The molecule has 102 valence electrons. The fourth-order valence-electron chi connectivity index (χ4n) is 1.98. The Kier molecular flexibility index (Phi) is 6.94. The minimum atomic E-state index is -1.14. The van der Waals surface area contributed by atoms with E-state index in [1.54, 1.807) is 0 Å².